The van der Waals surface area contributed by atoms with Crippen LogP contribution < -0.4 is 5.73 Å². The molecule has 0 amide bonds. The molecule has 0 aromatic heterocycles. The molecule has 108 valence electrons. The molecule has 0 saturated heterocycles. The third kappa shape index (κ3) is 4.81. The summed E-state index contributed by atoms with van der Waals surface area (Å²) >= 11 is 0. The molecular formula is C13H19F3N2O. The Bertz CT molecular complexity index is 383. The fourth-order valence-electron chi connectivity index (χ4n) is 1.93. The van der Waals surface area contributed by atoms with Gasteiger partial charge in [0, 0.05) is 13.1 Å². The molecule has 3 N–H and O–H groups in total. The number of rotatable bonds is 6. The highest BCUT2D eigenvalue weighted by molar-refractivity contribution is 5.23. The second kappa shape index (κ2) is 6.36. The molecule has 1 atom stereocenters. The molecule has 0 aliphatic heterocycles. The van der Waals surface area contributed by atoms with Gasteiger partial charge in [0.25, 0.3) is 0 Å². The number of halogens is 3. The van der Waals surface area contributed by atoms with Crippen LogP contribution in [0.3, 0.4) is 0 Å². The van der Waals surface area contributed by atoms with Gasteiger partial charge in [-0.05, 0) is 12.1 Å². The van der Waals surface area contributed by atoms with Gasteiger partial charge in [-0.1, -0.05) is 37.3 Å². The number of nitrogens with zero attached hydrogens (tertiary/aromatic N) is 1. The van der Waals surface area contributed by atoms with E-state index in [2.05, 4.69) is 0 Å². The van der Waals surface area contributed by atoms with Crippen LogP contribution in [0.4, 0.5) is 13.2 Å². The van der Waals surface area contributed by atoms with E-state index in [-0.39, 0.29) is 19.6 Å². The second-order valence-corrected chi connectivity index (χ2v) is 4.52. The summed E-state index contributed by atoms with van der Waals surface area (Å²) in [6.45, 7) is 0.468. The molecule has 0 fully saturated rings. The quantitative estimate of drug-likeness (QED) is 0.831. The molecule has 1 aromatic rings. The normalized spacial score (nSPS) is 15.5. The van der Waals surface area contributed by atoms with Crippen molar-refractivity contribution in [1.82, 2.24) is 4.90 Å². The average molecular weight is 276 g/mol. The van der Waals surface area contributed by atoms with E-state index in [0.29, 0.717) is 5.56 Å². The van der Waals surface area contributed by atoms with Gasteiger partial charge in [0.2, 0.25) is 0 Å². The van der Waals surface area contributed by atoms with Crippen molar-refractivity contribution in [3.05, 3.63) is 35.9 Å². The van der Waals surface area contributed by atoms with E-state index in [1.807, 2.05) is 0 Å². The van der Waals surface area contributed by atoms with Crippen molar-refractivity contribution in [2.45, 2.75) is 18.7 Å². The highest BCUT2D eigenvalue weighted by Gasteiger charge is 2.35. The first-order valence-corrected chi connectivity index (χ1v) is 6.08. The molecule has 0 spiro atoms. The number of hydrogen-bond donors (Lipinski definition) is 2. The summed E-state index contributed by atoms with van der Waals surface area (Å²) in [6, 6.07) is 8.53. The van der Waals surface area contributed by atoms with Crippen molar-refractivity contribution >= 4 is 0 Å². The average Bonchev–Trinajstić information content (AvgIpc) is 2.37. The van der Waals surface area contributed by atoms with Crippen molar-refractivity contribution in [2.75, 3.05) is 26.2 Å². The van der Waals surface area contributed by atoms with E-state index in [0.717, 1.165) is 4.90 Å². The van der Waals surface area contributed by atoms with Gasteiger partial charge < -0.3 is 10.8 Å². The number of hydrogen-bond acceptors (Lipinski definition) is 3. The monoisotopic (exact) mass is 276 g/mol. The van der Waals surface area contributed by atoms with E-state index in [4.69, 9.17) is 5.73 Å². The number of benzene rings is 1. The molecule has 19 heavy (non-hydrogen) atoms. The Labute approximate surface area is 110 Å². The Morgan fingerprint density at radius 2 is 1.74 bits per heavy atom. The van der Waals surface area contributed by atoms with Gasteiger partial charge in [0.15, 0.2) is 0 Å². The third-order valence-electron chi connectivity index (χ3n) is 2.98. The zero-order valence-corrected chi connectivity index (χ0v) is 10.8. The van der Waals surface area contributed by atoms with Gasteiger partial charge in [0.05, 0.1) is 6.54 Å². The lowest BCUT2D eigenvalue weighted by atomic mass is 9.93. The van der Waals surface area contributed by atoms with Crippen LogP contribution in [-0.2, 0) is 5.60 Å². The summed E-state index contributed by atoms with van der Waals surface area (Å²) < 4.78 is 37.3. The van der Waals surface area contributed by atoms with Gasteiger partial charge in [0.1, 0.15) is 5.60 Å². The Kier molecular flexibility index (Phi) is 5.34. The Morgan fingerprint density at radius 1 is 1.16 bits per heavy atom. The number of alkyl halides is 3. The highest BCUT2D eigenvalue weighted by atomic mass is 19.4. The summed E-state index contributed by atoms with van der Waals surface area (Å²) in [6.07, 6.45) is -4.29. The van der Waals surface area contributed by atoms with Crippen LogP contribution in [0.15, 0.2) is 30.3 Å². The largest absolute Gasteiger partial charge is 0.401 e. The summed E-state index contributed by atoms with van der Waals surface area (Å²) in [5, 5.41) is 10.5. The van der Waals surface area contributed by atoms with Crippen LogP contribution in [-0.4, -0.2) is 42.4 Å². The topological polar surface area (TPSA) is 49.5 Å². The lowest BCUT2D eigenvalue weighted by Gasteiger charge is -2.33. The van der Waals surface area contributed by atoms with Crippen LogP contribution in [0.1, 0.15) is 12.5 Å². The highest BCUT2D eigenvalue weighted by Crippen LogP contribution is 2.23. The standard InChI is InChI=1S/C13H19F3N2O/c1-2-18(10-13(14,15)16)9-12(19,8-17)11-6-4-3-5-7-11/h3-7,19H,2,8-10,17H2,1H3. The minimum absolute atomic E-state index is 0.134. The van der Waals surface area contributed by atoms with Gasteiger partial charge in [-0.2, -0.15) is 13.2 Å². The zero-order chi connectivity index (χ0) is 14.5. The Hall–Kier alpha value is -1.11. The van der Waals surface area contributed by atoms with E-state index < -0.39 is 18.3 Å². The van der Waals surface area contributed by atoms with Crippen LogP contribution in [0.2, 0.25) is 0 Å². The molecular weight excluding hydrogens is 257 g/mol. The molecule has 0 aliphatic carbocycles. The van der Waals surface area contributed by atoms with E-state index >= 15 is 0 Å². The molecule has 0 saturated carbocycles. The molecule has 0 radical (unpaired) electrons. The summed E-state index contributed by atoms with van der Waals surface area (Å²) in [7, 11) is 0. The summed E-state index contributed by atoms with van der Waals surface area (Å²) in [5.74, 6) is 0. The van der Waals surface area contributed by atoms with Gasteiger partial charge in [-0.3, -0.25) is 4.90 Å². The van der Waals surface area contributed by atoms with Crippen molar-refractivity contribution in [2.24, 2.45) is 5.73 Å². The third-order valence-corrected chi connectivity index (χ3v) is 2.98. The van der Waals surface area contributed by atoms with Gasteiger partial charge >= 0.3 is 6.18 Å². The number of likely N-dealkylation sites (N-methyl/N-ethyl adjacent to an activating group) is 1. The summed E-state index contributed by atoms with van der Waals surface area (Å²) in [4.78, 5) is 1.14. The van der Waals surface area contributed by atoms with Gasteiger partial charge in [-0.15, -0.1) is 0 Å². The molecule has 1 rings (SSSR count). The zero-order valence-electron chi connectivity index (χ0n) is 10.8. The maximum atomic E-state index is 12.4. The van der Waals surface area contributed by atoms with Crippen molar-refractivity contribution in [3.63, 3.8) is 0 Å². The van der Waals surface area contributed by atoms with Gasteiger partial charge in [-0.25, -0.2) is 0 Å². The molecule has 1 aromatic carbocycles. The fraction of sp³-hybridized carbons (Fsp3) is 0.538. The second-order valence-electron chi connectivity index (χ2n) is 4.52. The maximum Gasteiger partial charge on any atom is 0.401 e. The number of nitrogens with two attached hydrogens (primary N) is 1. The smallest absolute Gasteiger partial charge is 0.382 e. The first-order valence-electron chi connectivity index (χ1n) is 6.08. The Morgan fingerprint density at radius 3 is 2.16 bits per heavy atom. The van der Waals surface area contributed by atoms with Crippen molar-refractivity contribution < 1.29 is 18.3 Å². The van der Waals surface area contributed by atoms with E-state index in [1.165, 1.54) is 0 Å². The first-order chi connectivity index (χ1) is 8.80. The molecule has 1 unspecified atom stereocenters. The van der Waals surface area contributed by atoms with Crippen LogP contribution in [0.5, 0.6) is 0 Å². The molecule has 0 heterocycles. The molecule has 0 bridgehead atoms. The lowest BCUT2D eigenvalue weighted by Crippen LogP contribution is -2.48. The minimum atomic E-state index is -4.29. The van der Waals surface area contributed by atoms with Crippen molar-refractivity contribution in [1.29, 1.82) is 0 Å². The number of aliphatic hydroxyl groups is 1. The lowest BCUT2D eigenvalue weighted by molar-refractivity contribution is -0.152. The van der Waals surface area contributed by atoms with E-state index in [1.54, 1.807) is 37.3 Å². The van der Waals surface area contributed by atoms with Crippen LogP contribution in [0, 0.1) is 0 Å². The molecule has 3 nitrogen and oxygen atoms in total. The minimum Gasteiger partial charge on any atom is -0.382 e. The maximum absolute atomic E-state index is 12.4. The van der Waals surface area contributed by atoms with E-state index in [9.17, 15) is 18.3 Å². The SMILES string of the molecule is CCN(CC(F)(F)F)CC(O)(CN)c1ccccc1. The fourth-order valence-corrected chi connectivity index (χ4v) is 1.93. The van der Waals surface area contributed by atoms with Crippen molar-refractivity contribution in [3.8, 4) is 0 Å². The first kappa shape index (κ1) is 15.9. The Balaban J connectivity index is 2.85. The molecule has 6 heteroatoms. The van der Waals surface area contributed by atoms with Crippen LogP contribution in [0.25, 0.3) is 0 Å². The predicted octanol–water partition coefficient (Wildman–Crippen LogP) is 1.72. The predicted molar refractivity (Wildman–Crippen MR) is 67.6 cm³/mol. The van der Waals surface area contributed by atoms with Crippen LogP contribution >= 0.6 is 0 Å². The summed E-state index contributed by atoms with van der Waals surface area (Å²) in [5.41, 5.74) is 4.60. The molecule has 0 aliphatic rings.